The van der Waals surface area contributed by atoms with E-state index in [4.69, 9.17) is 5.73 Å². The normalized spacial score (nSPS) is 10.3. The van der Waals surface area contributed by atoms with Crippen LogP contribution >= 0.6 is 11.8 Å². The van der Waals surface area contributed by atoms with E-state index in [1.165, 1.54) is 17.3 Å². The minimum absolute atomic E-state index is 0.349. The summed E-state index contributed by atoms with van der Waals surface area (Å²) >= 11 is 1.53. The molecule has 2 rings (SSSR count). The summed E-state index contributed by atoms with van der Waals surface area (Å²) in [6.07, 6.45) is 3.53. The first-order valence-corrected chi connectivity index (χ1v) is 5.03. The molecule has 0 aliphatic rings. The molecule has 0 spiro atoms. The van der Waals surface area contributed by atoms with Crippen molar-refractivity contribution >= 4 is 17.7 Å². The number of rotatable bonds is 3. The van der Waals surface area contributed by atoms with Crippen molar-refractivity contribution in [3.05, 3.63) is 30.1 Å². The largest absolute Gasteiger partial charge is 0.368 e. The van der Waals surface area contributed by atoms with Gasteiger partial charge < -0.3 is 5.73 Å². The molecule has 2 heterocycles. The predicted molar refractivity (Wildman–Crippen MR) is 54.6 cm³/mol. The van der Waals surface area contributed by atoms with Crippen molar-refractivity contribution in [1.82, 2.24) is 20.2 Å². The highest BCUT2D eigenvalue weighted by Gasteiger charge is 2.00. The zero-order valence-corrected chi connectivity index (χ0v) is 8.16. The Hall–Kier alpha value is -1.56. The number of aromatic amines is 1. The average molecular weight is 207 g/mol. The highest BCUT2D eigenvalue weighted by molar-refractivity contribution is 7.98. The molecule has 0 bridgehead atoms. The van der Waals surface area contributed by atoms with Crippen molar-refractivity contribution in [3.63, 3.8) is 0 Å². The fourth-order valence-electron chi connectivity index (χ4n) is 0.950. The molecule has 5 nitrogen and oxygen atoms in total. The van der Waals surface area contributed by atoms with Gasteiger partial charge in [-0.05, 0) is 17.7 Å². The molecule has 2 aromatic heterocycles. The molecular formula is C8H9N5S. The first-order valence-electron chi connectivity index (χ1n) is 4.04. The molecule has 0 saturated heterocycles. The number of nitrogens with one attached hydrogen (secondary N) is 1. The van der Waals surface area contributed by atoms with Crippen LogP contribution in [-0.4, -0.2) is 20.2 Å². The zero-order valence-electron chi connectivity index (χ0n) is 7.34. The number of nitrogen functional groups attached to an aromatic ring is 1. The summed E-state index contributed by atoms with van der Waals surface area (Å²) in [6, 6.07) is 3.92. The molecule has 0 saturated carbocycles. The van der Waals surface area contributed by atoms with E-state index < -0.39 is 0 Å². The molecule has 3 N–H and O–H groups in total. The zero-order chi connectivity index (χ0) is 9.80. The van der Waals surface area contributed by atoms with Crippen LogP contribution in [-0.2, 0) is 5.75 Å². The third-order valence-corrected chi connectivity index (χ3v) is 2.52. The van der Waals surface area contributed by atoms with Crippen molar-refractivity contribution in [2.45, 2.75) is 10.9 Å². The Labute approximate surface area is 85.2 Å². The number of aromatic nitrogens is 4. The van der Waals surface area contributed by atoms with Crippen LogP contribution in [0.25, 0.3) is 0 Å². The van der Waals surface area contributed by atoms with Gasteiger partial charge in [0, 0.05) is 18.1 Å². The molecule has 14 heavy (non-hydrogen) atoms. The standard InChI is InChI=1S/C8H9N5S/c9-7-11-8(13-12-7)14-5-6-1-3-10-4-2-6/h1-4H,5H2,(H3,9,11,12,13). The Kier molecular flexibility index (Phi) is 2.64. The molecule has 2 aromatic rings. The summed E-state index contributed by atoms with van der Waals surface area (Å²) in [6.45, 7) is 0. The number of anilines is 1. The Morgan fingerprint density at radius 2 is 2.14 bits per heavy atom. The Bertz CT molecular complexity index is 399. The van der Waals surface area contributed by atoms with Gasteiger partial charge in [0.05, 0.1) is 0 Å². The molecule has 0 aliphatic carbocycles. The fourth-order valence-corrected chi connectivity index (χ4v) is 1.71. The first-order chi connectivity index (χ1) is 6.84. The fraction of sp³-hybridized carbons (Fsp3) is 0.125. The van der Waals surface area contributed by atoms with Gasteiger partial charge in [-0.3, -0.25) is 4.98 Å². The number of hydrogen-bond acceptors (Lipinski definition) is 5. The van der Waals surface area contributed by atoms with Gasteiger partial charge in [-0.2, -0.15) is 4.98 Å². The van der Waals surface area contributed by atoms with Crippen LogP contribution in [0.5, 0.6) is 0 Å². The molecule has 0 fully saturated rings. The molecule has 0 atom stereocenters. The van der Waals surface area contributed by atoms with E-state index in [2.05, 4.69) is 20.2 Å². The van der Waals surface area contributed by atoms with Gasteiger partial charge in [-0.1, -0.05) is 11.8 Å². The van der Waals surface area contributed by atoms with Gasteiger partial charge in [0.2, 0.25) is 11.1 Å². The molecule has 0 aliphatic heterocycles. The summed E-state index contributed by atoms with van der Waals surface area (Å²) in [5.41, 5.74) is 6.58. The van der Waals surface area contributed by atoms with E-state index in [0.717, 1.165) is 5.75 Å². The van der Waals surface area contributed by atoms with Crippen LogP contribution in [0.2, 0.25) is 0 Å². The van der Waals surface area contributed by atoms with Crippen LogP contribution in [0, 0.1) is 0 Å². The van der Waals surface area contributed by atoms with Crippen LogP contribution in [0.15, 0.2) is 29.7 Å². The topological polar surface area (TPSA) is 80.5 Å². The Balaban J connectivity index is 1.95. The maximum Gasteiger partial charge on any atom is 0.216 e. The number of thioether (sulfide) groups is 1. The number of nitrogens with zero attached hydrogens (tertiary/aromatic N) is 3. The van der Waals surface area contributed by atoms with Crippen molar-refractivity contribution in [3.8, 4) is 0 Å². The van der Waals surface area contributed by atoms with E-state index >= 15 is 0 Å². The number of H-pyrrole nitrogens is 1. The lowest BCUT2D eigenvalue weighted by Gasteiger charge is -1.95. The summed E-state index contributed by atoms with van der Waals surface area (Å²) in [5.74, 6) is 1.17. The van der Waals surface area contributed by atoms with E-state index in [1.54, 1.807) is 12.4 Å². The van der Waals surface area contributed by atoms with Crippen molar-refractivity contribution < 1.29 is 0 Å². The van der Waals surface area contributed by atoms with Crippen molar-refractivity contribution in [2.24, 2.45) is 0 Å². The van der Waals surface area contributed by atoms with Gasteiger partial charge in [-0.25, -0.2) is 5.10 Å². The van der Waals surface area contributed by atoms with E-state index in [1.807, 2.05) is 12.1 Å². The van der Waals surface area contributed by atoms with Crippen molar-refractivity contribution in [1.29, 1.82) is 0 Å². The quantitative estimate of drug-likeness (QED) is 0.736. The van der Waals surface area contributed by atoms with Gasteiger partial charge in [-0.15, -0.1) is 5.10 Å². The monoisotopic (exact) mass is 207 g/mol. The second kappa shape index (κ2) is 4.10. The minimum atomic E-state index is 0.349. The lowest BCUT2D eigenvalue weighted by atomic mass is 10.3. The van der Waals surface area contributed by atoms with Crippen molar-refractivity contribution in [2.75, 3.05) is 5.73 Å². The second-order valence-electron chi connectivity index (χ2n) is 2.65. The Morgan fingerprint density at radius 3 is 2.79 bits per heavy atom. The maximum atomic E-state index is 5.40. The van der Waals surface area contributed by atoms with E-state index in [0.29, 0.717) is 11.1 Å². The van der Waals surface area contributed by atoms with E-state index in [9.17, 15) is 0 Å². The van der Waals surface area contributed by atoms with Gasteiger partial charge in [0.1, 0.15) is 0 Å². The lowest BCUT2D eigenvalue weighted by molar-refractivity contribution is 0.973. The van der Waals surface area contributed by atoms with Crippen LogP contribution < -0.4 is 5.73 Å². The highest BCUT2D eigenvalue weighted by atomic mass is 32.2. The summed E-state index contributed by atoms with van der Waals surface area (Å²) < 4.78 is 0. The highest BCUT2D eigenvalue weighted by Crippen LogP contribution is 2.18. The summed E-state index contributed by atoms with van der Waals surface area (Å²) in [5, 5.41) is 7.17. The molecular weight excluding hydrogens is 198 g/mol. The molecule has 0 aromatic carbocycles. The smallest absolute Gasteiger partial charge is 0.216 e. The molecule has 0 amide bonds. The molecule has 72 valence electrons. The number of hydrogen-bond donors (Lipinski definition) is 2. The lowest BCUT2D eigenvalue weighted by Crippen LogP contribution is -1.85. The van der Waals surface area contributed by atoms with Gasteiger partial charge in [0.15, 0.2) is 0 Å². The van der Waals surface area contributed by atoms with Crippen LogP contribution in [0.3, 0.4) is 0 Å². The third-order valence-electron chi connectivity index (χ3n) is 1.60. The average Bonchev–Trinajstić information content (AvgIpc) is 2.63. The summed E-state index contributed by atoms with van der Waals surface area (Å²) in [7, 11) is 0. The number of nitrogens with two attached hydrogens (primary N) is 1. The van der Waals surface area contributed by atoms with Crippen LogP contribution in [0.1, 0.15) is 5.56 Å². The van der Waals surface area contributed by atoms with Gasteiger partial charge in [0.25, 0.3) is 0 Å². The van der Waals surface area contributed by atoms with Gasteiger partial charge >= 0.3 is 0 Å². The predicted octanol–water partition coefficient (Wildman–Crippen LogP) is 1.07. The molecule has 6 heteroatoms. The molecule has 0 unspecified atom stereocenters. The van der Waals surface area contributed by atoms with Crippen LogP contribution in [0.4, 0.5) is 5.95 Å². The second-order valence-corrected chi connectivity index (χ2v) is 3.59. The SMILES string of the molecule is Nc1nc(SCc2ccncc2)n[nH]1. The van der Waals surface area contributed by atoms with E-state index in [-0.39, 0.29) is 0 Å². The maximum absolute atomic E-state index is 5.40. The summed E-state index contributed by atoms with van der Waals surface area (Å²) in [4.78, 5) is 7.92. The minimum Gasteiger partial charge on any atom is -0.368 e. The Morgan fingerprint density at radius 1 is 1.36 bits per heavy atom. The molecule has 0 radical (unpaired) electrons. The number of pyridine rings is 1. The first kappa shape index (κ1) is 9.01. The third kappa shape index (κ3) is 2.23.